The molecular formula is C40H46ClN9O4. The van der Waals surface area contributed by atoms with Crippen molar-refractivity contribution >= 4 is 40.8 Å². The number of amides is 2. The Hall–Kier alpha value is -5.03. The van der Waals surface area contributed by atoms with E-state index in [1.807, 2.05) is 23.2 Å². The number of anilines is 2. The average molecular weight is 752 g/mol. The molecule has 1 saturated carbocycles. The zero-order chi connectivity index (χ0) is 38.1. The molecule has 13 nitrogen and oxygen atoms in total. The second-order valence-corrected chi connectivity index (χ2v) is 15.1. The Bertz CT molecular complexity index is 2140. The van der Waals surface area contributed by atoms with Gasteiger partial charge in [0.1, 0.15) is 6.07 Å². The van der Waals surface area contributed by atoms with Gasteiger partial charge in [0, 0.05) is 75.6 Å². The zero-order valence-corrected chi connectivity index (χ0v) is 31.7. The zero-order valence-electron chi connectivity index (χ0n) is 31.0. The van der Waals surface area contributed by atoms with Gasteiger partial charge < -0.3 is 24.9 Å². The van der Waals surface area contributed by atoms with Crippen molar-refractivity contribution in [1.82, 2.24) is 28.9 Å². The molecule has 1 fully saturated rings. The lowest BCUT2D eigenvalue weighted by Gasteiger charge is -2.30. The van der Waals surface area contributed by atoms with Crippen LogP contribution in [0.15, 0.2) is 36.4 Å². The predicted octanol–water partition coefficient (Wildman–Crippen LogP) is 5.87. The number of benzene rings is 2. The fraction of sp³-hybridized carbons (Fsp3) is 0.450. The number of aromatic nitrogens is 4. The molecule has 4 aromatic rings. The summed E-state index contributed by atoms with van der Waals surface area (Å²) >= 11 is 6.95. The number of likely N-dealkylation sites (N-methyl/N-ethyl adjacent to an activating group) is 1. The molecule has 0 radical (unpaired) electrons. The van der Waals surface area contributed by atoms with Gasteiger partial charge in [0.2, 0.25) is 0 Å². The molecule has 0 spiro atoms. The Kier molecular flexibility index (Phi) is 10.9. The number of nitrogens with one attached hydrogen (secondary N) is 2. The van der Waals surface area contributed by atoms with Crippen molar-refractivity contribution in [3.63, 3.8) is 0 Å². The first kappa shape index (κ1) is 37.3. The highest BCUT2D eigenvalue weighted by molar-refractivity contribution is 6.36. The molecule has 2 aromatic carbocycles. The molecule has 0 saturated heterocycles. The molecule has 0 atom stereocenters. The number of fused-ring (bicyclic) bond motifs is 2. The summed E-state index contributed by atoms with van der Waals surface area (Å²) in [7, 11) is 3.70. The van der Waals surface area contributed by atoms with Crippen molar-refractivity contribution in [1.29, 1.82) is 5.26 Å². The number of rotatable bonds is 10. The molecule has 282 valence electrons. The van der Waals surface area contributed by atoms with Crippen molar-refractivity contribution in [3.8, 4) is 17.2 Å². The van der Waals surface area contributed by atoms with Gasteiger partial charge >= 0.3 is 5.97 Å². The van der Waals surface area contributed by atoms with Gasteiger partial charge in [-0.2, -0.15) is 5.26 Å². The van der Waals surface area contributed by atoms with Crippen LogP contribution in [0.5, 0.6) is 0 Å². The average Bonchev–Trinajstić information content (AvgIpc) is 3.69. The van der Waals surface area contributed by atoms with Crippen LogP contribution in [-0.2, 0) is 44.8 Å². The van der Waals surface area contributed by atoms with Gasteiger partial charge in [-0.1, -0.05) is 42.8 Å². The lowest BCUT2D eigenvalue weighted by atomic mass is 9.80. The van der Waals surface area contributed by atoms with E-state index >= 15 is 0 Å². The van der Waals surface area contributed by atoms with Crippen molar-refractivity contribution < 1.29 is 19.5 Å². The molecular weight excluding hydrogens is 706 g/mol. The summed E-state index contributed by atoms with van der Waals surface area (Å²) in [6, 6.07) is 12.7. The van der Waals surface area contributed by atoms with E-state index in [9.17, 15) is 24.8 Å². The number of halogens is 1. The van der Waals surface area contributed by atoms with Crippen LogP contribution in [0, 0.1) is 23.2 Å². The number of carboxylic acids is 1. The summed E-state index contributed by atoms with van der Waals surface area (Å²) in [5.41, 5.74) is 5.84. The minimum Gasteiger partial charge on any atom is -0.481 e. The first-order chi connectivity index (χ1) is 26.1. The lowest BCUT2D eigenvalue weighted by Crippen LogP contribution is -2.33. The number of aliphatic carboxylic acids is 1. The highest BCUT2D eigenvalue weighted by atomic mass is 35.5. The maximum Gasteiger partial charge on any atom is 0.306 e. The number of carbonyl (C=O) groups excluding carboxylic acids is 2. The summed E-state index contributed by atoms with van der Waals surface area (Å²) in [6.07, 6.45) is 6.05. The largest absolute Gasteiger partial charge is 0.481 e. The van der Waals surface area contributed by atoms with E-state index in [-0.39, 0.29) is 28.2 Å². The normalized spacial score (nSPS) is 18.7. The molecule has 14 heteroatoms. The van der Waals surface area contributed by atoms with Gasteiger partial charge in [-0.25, -0.2) is 9.97 Å². The Morgan fingerprint density at radius 3 is 2.00 bits per heavy atom. The van der Waals surface area contributed by atoms with Crippen LogP contribution in [0.4, 0.5) is 11.4 Å². The molecule has 2 aromatic heterocycles. The number of imidazole rings is 2. The van der Waals surface area contributed by atoms with E-state index in [2.05, 4.69) is 38.4 Å². The SMILES string of the molecule is CCN1CCc2c(nc(C(=O)Nc3cccc(-c4cccc(NC(=O)c5nc6c(n5C)CCN(CC[C@H]5CC[C@H](C(=O)O)CC5)C6)c4Cl)c3C#N)n2C)C1. The fourth-order valence-corrected chi connectivity index (χ4v) is 8.56. The van der Waals surface area contributed by atoms with Crippen molar-refractivity contribution in [2.45, 2.75) is 65.0 Å². The van der Waals surface area contributed by atoms with Gasteiger partial charge in [0.15, 0.2) is 11.6 Å². The topological polar surface area (TPSA) is 161 Å². The molecule has 7 rings (SSSR count). The smallest absolute Gasteiger partial charge is 0.306 e. The molecule has 0 unspecified atom stereocenters. The molecule has 3 aliphatic rings. The highest BCUT2D eigenvalue weighted by Crippen LogP contribution is 2.38. The van der Waals surface area contributed by atoms with Crippen molar-refractivity contribution in [2.24, 2.45) is 25.9 Å². The van der Waals surface area contributed by atoms with Crippen molar-refractivity contribution in [3.05, 3.63) is 81.4 Å². The van der Waals surface area contributed by atoms with Crippen LogP contribution in [0.25, 0.3) is 11.1 Å². The number of hydrogen-bond donors (Lipinski definition) is 3. The standard InChI is InChI=1S/C40H46ClN9O4/c1-4-49-19-16-33-31(22-49)43-36(47(33)2)38(51)45-29-9-5-7-26(28(29)21-42)27-8-6-10-30(35(27)41)46-39(52)37-44-32-23-50(20-17-34(32)48(37)3)18-15-24-11-13-25(14-12-24)40(53)54/h5-10,24-25H,4,11-20,22-23H2,1-3H3,(H,45,51)(H,46,52)(H,53,54)/t24-,25-. The number of nitrogens with zero attached hydrogens (tertiary/aromatic N) is 7. The Morgan fingerprint density at radius 2 is 1.41 bits per heavy atom. The van der Waals surface area contributed by atoms with Crippen LogP contribution in [0.2, 0.25) is 5.02 Å². The number of carbonyl (C=O) groups is 3. The molecule has 2 aliphatic heterocycles. The third kappa shape index (κ3) is 7.38. The van der Waals surface area contributed by atoms with E-state index in [1.54, 1.807) is 36.4 Å². The van der Waals surface area contributed by atoms with E-state index < -0.39 is 17.8 Å². The van der Waals surface area contributed by atoms with E-state index in [4.69, 9.17) is 16.6 Å². The molecule has 3 N–H and O–H groups in total. The van der Waals surface area contributed by atoms with Crippen LogP contribution in [0.1, 0.15) is 88.6 Å². The summed E-state index contributed by atoms with van der Waals surface area (Å²) in [5, 5.41) is 25.7. The quantitative estimate of drug-likeness (QED) is 0.180. The Balaban J connectivity index is 1.04. The maximum absolute atomic E-state index is 13.7. The minimum atomic E-state index is -0.675. The third-order valence-corrected chi connectivity index (χ3v) is 11.9. The first-order valence-electron chi connectivity index (χ1n) is 18.8. The Labute approximate surface area is 319 Å². The lowest BCUT2D eigenvalue weighted by molar-refractivity contribution is -0.143. The summed E-state index contributed by atoms with van der Waals surface area (Å²) in [5.74, 6) is -0.559. The van der Waals surface area contributed by atoms with Gasteiger partial charge in [0.05, 0.1) is 39.3 Å². The summed E-state index contributed by atoms with van der Waals surface area (Å²) < 4.78 is 3.69. The third-order valence-electron chi connectivity index (χ3n) is 11.5. The molecule has 1 aliphatic carbocycles. The second kappa shape index (κ2) is 15.8. The highest BCUT2D eigenvalue weighted by Gasteiger charge is 2.30. The van der Waals surface area contributed by atoms with E-state index in [1.165, 1.54) is 0 Å². The monoisotopic (exact) mass is 751 g/mol. The van der Waals surface area contributed by atoms with Crippen LogP contribution >= 0.6 is 11.6 Å². The first-order valence-corrected chi connectivity index (χ1v) is 19.1. The van der Waals surface area contributed by atoms with Crippen LogP contribution < -0.4 is 10.6 Å². The van der Waals surface area contributed by atoms with Crippen LogP contribution in [-0.4, -0.2) is 78.0 Å². The Morgan fingerprint density at radius 1 is 0.852 bits per heavy atom. The number of carboxylic acid groups (broad SMARTS) is 1. The maximum atomic E-state index is 13.7. The summed E-state index contributed by atoms with van der Waals surface area (Å²) in [6.45, 7) is 7.06. The van der Waals surface area contributed by atoms with Crippen LogP contribution in [0.3, 0.4) is 0 Å². The van der Waals surface area contributed by atoms with Gasteiger partial charge in [-0.05, 0) is 63.2 Å². The molecule has 0 bridgehead atoms. The summed E-state index contributed by atoms with van der Waals surface area (Å²) in [4.78, 5) is 52.6. The fourth-order valence-electron chi connectivity index (χ4n) is 8.29. The molecule has 2 amide bonds. The van der Waals surface area contributed by atoms with Crippen molar-refractivity contribution in [2.75, 3.05) is 36.8 Å². The van der Waals surface area contributed by atoms with E-state index in [0.29, 0.717) is 41.5 Å². The second-order valence-electron chi connectivity index (χ2n) is 14.7. The number of nitriles is 1. The van der Waals surface area contributed by atoms with Gasteiger partial charge in [0.25, 0.3) is 11.8 Å². The minimum absolute atomic E-state index is 0.203. The number of hydrogen-bond acceptors (Lipinski definition) is 8. The molecule has 54 heavy (non-hydrogen) atoms. The molecule has 4 heterocycles. The predicted molar refractivity (Wildman–Crippen MR) is 205 cm³/mol. The van der Waals surface area contributed by atoms with Gasteiger partial charge in [-0.3, -0.25) is 24.2 Å². The van der Waals surface area contributed by atoms with Gasteiger partial charge in [-0.15, -0.1) is 0 Å². The van der Waals surface area contributed by atoms with E-state index in [0.717, 1.165) is 93.9 Å².